The zero-order chi connectivity index (χ0) is 21.2. The SMILES string of the molecule is O=C(CN1C(=O)C[C@H]1[S@](=O)Cc1ccccc1)NCCCCCCc1ccccc1. The highest BCUT2D eigenvalue weighted by Gasteiger charge is 2.40. The lowest BCUT2D eigenvalue weighted by atomic mass is 10.1. The van der Waals surface area contributed by atoms with Crippen LogP contribution in [0.1, 0.15) is 43.2 Å². The minimum atomic E-state index is -1.20. The fourth-order valence-electron chi connectivity index (χ4n) is 3.58. The van der Waals surface area contributed by atoms with Crippen LogP contribution in [0.25, 0.3) is 0 Å². The van der Waals surface area contributed by atoms with E-state index in [1.807, 2.05) is 36.4 Å². The van der Waals surface area contributed by atoms with Crippen molar-refractivity contribution in [2.45, 2.75) is 49.7 Å². The molecule has 30 heavy (non-hydrogen) atoms. The molecule has 2 atom stereocenters. The lowest BCUT2D eigenvalue weighted by Crippen LogP contribution is -2.57. The highest BCUT2D eigenvalue weighted by molar-refractivity contribution is 7.85. The lowest BCUT2D eigenvalue weighted by Gasteiger charge is -2.39. The second kappa shape index (κ2) is 11.6. The number of rotatable bonds is 12. The Morgan fingerprint density at radius 3 is 2.23 bits per heavy atom. The third-order valence-electron chi connectivity index (χ3n) is 5.34. The first-order valence-corrected chi connectivity index (χ1v) is 12.0. The number of likely N-dealkylation sites (tertiary alicyclic amines) is 1. The van der Waals surface area contributed by atoms with E-state index in [2.05, 4.69) is 29.6 Å². The Labute approximate surface area is 181 Å². The van der Waals surface area contributed by atoms with E-state index < -0.39 is 10.8 Å². The Hall–Kier alpha value is -2.47. The van der Waals surface area contributed by atoms with Crippen molar-refractivity contribution in [2.75, 3.05) is 13.1 Å². The minimum Gasteiger partial charge on any atom is -0.355 e. The molecule has 0 radical (unpaired) electrons. The van der Waals surface area contributed by atoms with E-state index in [1.165, 1.54) is 10.5 Å². The third kappa shape index (κ3) is 6.80. The molecule has 5 nitrogen and oxygen atoms in total. The van der Waals surface area contributed by atoms with Crippen LogP contribution in [0.5, 0.6) is 0 Å². The molecule has 0 bridgehead atoms. The van der Waals surface area contributed by atoms with Crippen LogP contribution in [0.4, 0.5) is 0 Å². The van der Waals surface area contributed by atoms with E-state index in [1.54, 1.807) is 0 Å². The minimum absolute atomic E-state index is 0.00195. The van der Waals surface area contributed by atoms with E-state index in [-0.39, 0.29) is 30.2 Å². The predicted octanol–water partition coefficient (Wildman–Crippen LogP) is 3.41. The number of unbranched alkanes of at least 4 members (excludes halogenated alkanes) is 3. The quantitative estimate of drug-likeness (QED) is 0.418. The standard InChI is InChI=1S/C24H30N2O3S/c27-22(25-16-10-2-1-5-11-20-12-6-3-7-13-20)18-26-23(28)17-24(26)30(29)19-21-14-8-4-9-15-21/h3-4,6-9,12-15,24H,1-2,5,10-11,16-19H2,(H,25,27)/t24-,30-/m1/s1. The highest BCUT2D eigenvalue weighted by Crippen LogP contribution is 2.24. The maximum absolute atomic E-state index is 12.6. The summed E-state index contributed by atoms with van der Waals surface area (Å²) < 4.78 is 12.6. The zero-order valence-electron chi connectivity index (χ0n) is 17.3. The number of carbonyl (C=O) groups excluding carboxylic acids is 2. The molecule has 1 heterocycles. The molecule has 0 aliphatic carbocycles. The number of hydrogen-bond donors (Lipinski definition) is 1. The first-order chi connectivity index (χ1) is 14.6. The van der Waals surface area contributed by atoms with Crippen molar-refractivity contribution in [2.24, 2.45) is 0 Å². The second-order valence-corrected chi connectivity index (χ2v) is 9.29. The van der Waals surface area contributed by atoms with Gasteiger partial charge in [0.2, 0.25) is 11.8 Å². The second-order valence-electron chi connectivity index (χ2n) is 7.69. The number of aryl methyl sites for hydroxylation is 1. The normalized spacial score (nSPS) is 16.7. The van der Waals surface area contributed by atoms with Crippen molar-refractivity contribution in [1.29, 1.82) is 0 Å². The summed E-state index contributed by atoms with van der Waals surface area (Å²) in [5, 5.41) is 2.53. The van der Waals surface area contributed by atoms with Gasteiger partial charge in [-0.05, 0) is 30.4 Å². The summed E-state index contributed by atoms with van der Waals surface area (Å²) in [6.45, 7) is 0.613. The average Bonchev–Trinajstić information content (AvgIpc) is 2.76. The van der Waals surface area contributed by atoms with Crippen molar-refractivity contribution in [3.05, 3.63) is 71.8 Å². The molecular formula is C24H30N2O3S. The summed E-state index contributed by atoms with van der Waals surface area (Å²) in [4.78, 5) is 25.6. The summed E-state index contributed by atoms with van der Waals surface area (Å²) in [6, 6.07) is 20.0. The number of β-lactam (4-membered cyclic amide) rings is 1. The number of benzene rings is 2. The van der Waals surface area contributed by atoms with Crippen LogP contribution in [0.2, 0.25) is 0 Å². The number of amides is 2. The molecule has 1 N–H and O–H groups in total. The Morgan fingerprint density at radius 2 is 1.57 bits per heavy atom. The molecule has 2 aromatic carbocycles. The first-order valence-electron chi connectivity index (χ1n) is 10.6. The van der Waals surface area contributed by atoms with Gasteiger partial charge in [0.25, 0.3) is 0 Å². The Morgan fingerprint density at radius 1 is 0.933 bits per heavy atom. The van der Waals surface area contributed by atoms with Crippen molar-refractivity contribution in [3.8, 4) is 0 Å². The molecule has 0 spiro atoms. The molecular weight excluding hydrogens is 396 g/mol. The van der Waals surface area contributed by atoms with Crippen molar-refractivity contribution in [1.82, 2.24) is 10.2 Å². The molecule has 3 rings (SSSR count). The number of carbonyl (C=O) groups is 2. The molecule has 1 aliphatic heterocycles. The first kappa shape index (κ1) is 22.2. The monoisotopic (exact) mass is 426 g/mol. The summed E-state index contributed by atoms with van der Waals surface area (Å²) in [5.41, 5.74) is 2.34. The predicted molar refractivity (Wildman–Crippen MR) is 120 cm³/mol. The van der Waals surface area contributed by atoms with Crippen LogP contribution in [0, 0.1) is 0 Å². The summed E-state index contributed by atoms with van der Waals surface area (Å²) in [6.07, 6.45) is 5.63. The molecule has 1 fully saturated rings. The van der Waals surface area contributed by atoms with Gasteiger partial charge in [-0.2, -0.15) is 0 Å². The van der Waals surface area contributed by atoms with E-state index >= 15 is 0 Å². The van der Waals surface area contributed by atoms with E-state index in [0.717, 1.165) is 37.7 Å². The average molecular weight is 427 g/mol. The lowest BCUT2D eigenvalue weighted by molar-refractivity contribution is -0.145. The van der Waals surface area contributed by atoms with Crippen LogP contribution >= 0.6 is 0 Å². The van der Waals surface area contributed by atoms with Crippen molar-refractivity contribution >= 4 is 22.6 Å². The topological polar surface area (TPSA) is 66.5 Å². The molecule has 6 heteroatoms. The van der Waals surface area contributed by atoms with Crippen molar-refractivity contribution in [3.63, 3.8) is 0 Å². The van der Waals surface area contributed by atoms with Crippen molar-refractivity contribution < 1.29 is 13.8 Å². The maximum Gasteiger partial charge on any atom is 0.239 e. The van der Waals surface area contributed by atoms with Gasteiger partial charge in [-0.15, -0.1) is 0 Å². The van der Waals surface area contributed by atoms with Gasteiger partial charge < -0.3 is 10.2 Å². The molecule has 0 aromatic heterocycles. The molecule has 2 amide bonds. The fraction of sp³-hybridized carbons (Fsp3) is 0.417. The maximum atomic E-state index is 12.6. The number of hydrogen-bond acceptors (Lipinski definition) is 3. The number of nitrogens with one attached hydrogen (secondary N) is 1. The van der Waals surface area contributed by atoms with Gasteiger partial charge in [-0.25, -0.2) is 0 Å². The molecule has 2 aromatic rings. The van der Waals surface area contributed by atoms with Gasteiger partial charge in [0.1, 0.15) is 11.9 Å². The van der Waals surface area contributed by atoms with E-state index in [9.17, 15) is 13.8 Å². The van der Waals surface area contributed by atoms with E-state index in [4.69, 9.17) is 0 Å². The Bertz CT molecular complexity index is 842. The van der Waals surface area contributed by atoms with Crippen LogP contribution < -0.4 is 5.32 Å². The van der Waals surface area contributed by atoms with Gasteiger partial charge in [0, 0.05) is 17.3 Å². The van der Waals surface area contributed by atoms with Gasteiger partial charge in [0.05, 0.1) is 12.2 Å². The third-order valence-corrected chi connectivity index (χ3v) is 6.99. The summed E-state index contributed by atoms with van der Waals surface area (Å²) in [7, 11) is -1.20. The molecule has 1 aliphatic rings. The van der Waals surface area contributed by atoms with Crippen LogP contribution in [-0.4, -0.2) is 39.4 Å². The Balaban J connectivity index is 1.29. The Kier molecular flexibility index (Phi) is 8.63. The highest BCUT2D eigenvalue weighted by atomic mass is 32.2. The largest absolute Gasteiger partial charge is 0.355 e. The molecule has 0 unspecified atom stereocenters. The van der Waals surface area contributed by atoms with Gasteiger partial charge in [-0.1, -0.05) is 73.5 Å². The van der Waals surface area contributed by atoms with Gasteiger partial charge in [0.15, 0.2) is 0 Å². The van der Waals surface area contributed by atoms with E-state index in [0.29, 0.717) is 12.3 Å². The van der Waals surface area contributed by atoms with Crippen LogP contribution in [-0.2, 0) is 32.6 Å². The van der Waals surface area contributed by atoms with Gasteiger partial charge >= 0.3 is 0 Å². The summed E-state index contributed by atoms with van der Waals surface area (Å²) in [5.74, 6) is 0.131. The van der Waals surface area contributed by atoms with Crippen LogP contribution in [0.3, 0.4) is 0 Å². The smallest absolute Gasteiger partial charge is 0.239 e. The molecule has 0 saturated carbocycles. The van der Waals surface area contributed by atoms with Crippen LogP contribution in [0.15, 0.2) is 60.7 Å². The molecule has 160 valence electrons. The summed E-state index contributed by atoms with van der Waals surface area (Å²) >= 11 is 0. The molecule has 1 saturated heterocycles. The van der Waals surface area contributed by atoms with Gasteiger partial charge in [-0.3, -0.25) is 13.8 Å². The number of nitrogens with zero attached hydrogens (tertiary/aromatic N) is 1. The zero-order valence-corrected chi connectivity index (χ0v) is 18.1. The fourth-order valence-corrected chi connectivity index (χ4v) is 5.09.